The van der Waals surface area contributed by atoms with Crippen molar-refractivity contribution in [3.8, 4) is 0 Å². The van der Waals surface area contributed by atoms with E-state index in [0.717, 1.165) is 0 Å². The molecule has 15 heteroatoms. The molecule has 0 fully saturated rings. The normalized spacial score (nSPS) is 16.1. The van der Waals surface area contributed by atoms with Gasteiger partial charge in [-0.3, -0.25) is 24.0 Å². The van der Waals surface area contributed by atoms with Gasteiger partial charge in [0.2, 0.25) is 17.7 Å². The van der Waals surface area contributed by atoms with E-state index in [9.17, 15) is 29.1 Å². The van der Waals surface area contributed by atoms with Crippen LogP contribution in [0, 0.1) is 17.8 Å². The van der Waals surface area contributed by atoms with Crippen molar-refractivity contribution in [3.05, 3.63) is 23.9 Å². The number of nitrogens with two attached hydrogens (primary N) is 1. The van der Waals surface area contributed by atoms with Crippen LogP contribution in [0.25, 0.3) is 0 Å². The maximum atomic E-state index is 15.5. The van der Waals surface area contributed by atoms with Crippen molar-refractivity contribution in [1.82, 2.24) is 26.6 Å². The molecule has 0 aliphatic rings. The fraction of sp³-hybridized carbons (Fsp3) is 0.727. The highest BCUT2D eigenvalue weighted by molar-refractivity contribution is 5.99. The number of hydrogen-bond acceptors (Lipinski definition) is 7. The Kier molecular flexibility index (Phi) is 20.7. The summed E-state index contributed by atoms with van der Waals surface area (Å²) in [6, 6.07) is -5.10. The van der Waals surface area contributed by atoms with Gasteiger partial charge in [-0.15, -0.1) is 0 Å². The number of hydroxylamine groups is 1. The molecule has 3 unspecified atom stereocenters. The van der Waals surface area contributed by atoms with Crippen LogP contribution in [0.2, 0.25) is 0 Å². The minimum absolute atomic E-state index is 0.123. The third kappa shape index (κ3) is 14.4. The lowest BCUT2D eigenvalue weighted by Crippen LogP contribution is -2.75. The van der Waals surface area contributed by atoms with E-state index in [-0.39, 0.29) is 36.8 Å². The van der Waals surface area contributed by atoms with Crippen LogP contribution in [0.4, 0.5) is 8.78 Å². The van der Waals surface area contributed by atoms with Crippen LogP contribution < -0.4 is 32.1 Å². The number of rotatable bonds is 22. The number of carbonyl (C=O) groups is 5. The van der Waals surface area contributed by atoms with Gasteiger partial charge in [0.15, 0.2) is 0 Å². The lowest BCUT2D eigenvalue weighted by Gasteiger charge is -2.33. The molecule has 0 saturated carbocycles. The Labute approximate surface area is 283 Å². The van der Waals surface area contributed by atoms with Gasteiger partial charge in [-0.05, 0) is 44.4 Å². The first-order valence-electron chi connectivity index (χ1n) is 16.7. The molecule has 0 aliphatic carbocycles. The van der Waals surface area contributed by atoms with Crippen LogP contribution >= 0.6 is 0 Å². The molecule has 0 aromatic carbocycles. The molecule has 0 heterocycles. The fourth-order valence-electron chi connectivity index (χ4n) is 4.77. The van der Waals surface area contributed by atoms with Crippen molar-refractivity contribution in [2.24, 2.45) is 17.8 Å². The first-order valence-corrected chi connectivity index (χ1v) is 16.7. The quantitative estimate of drug-likeness (QED) is 0.0505. The summed E-state index contributed by atoms with van der Waals surface area (Å²) in [7, 11) is 1.46. The van der Waals surface area contributed by atoms with Crippen molar-refractivity contribution < 1.29 is 48.2 Å². The maximum Gasteiger partial charge on any atom is 0.351 e. The zero-order valence-corrected chi connectivity index (χ0v) is 30.1. The van der Waals surface area contributed by atoms with Crippen LogP contribution in [0.5, 0.6) is 0 Å². The smallest absolute Gasteiger partial charge is 0.351 e. The van der Waals surface area contributed by atoms with E-state index < -0.39 is 71.6 Å². The molecule has 13 nitrogen and oxygen atoms in total. The van der Waals surface area contributed by atoms with Crippen LogP contribution in [-0.4, -0.2) is 84.5 Å². The minimum Gasteiger partial charge on any atom is -0.384 e. The molecule has 0 aromatic heterocycles. The van der Waals surface area contributed by atoms with Gasteiger partial charge in [-0.25, -0.2) is 4.84 Å². The van der Waals surface area contributed by atoms with E-state index in [1.54, 1.807) is 61.5 Å². The van der Waals surface area contributed by atoms with E-state index in [0.29, 0.717) is 12.8 Å². The Hall–Kier alpha value is -3.43. The molecule has 0 aromatic rings. The lowest BCUT2D eigenvalue weighted by molar-refractivity contribution is -0.842. The SMILES string of the molecule is C/C=C(\C=C/[NH2+]OC)C(=O)N[C@H](C(=O)NC(CCC)C(=O)N[C@@H](CC(C)C)C(O)C(F)(F)C(=O)NC(C(=O)NCC)C(C)C)[C@@H](C)CC. The minimum atomic E-state index is -4.39. The fourth-order valence-corrected chi connectivity index (χ4v) is 4.77. The van der Waals surface area contributed by atoms with Gasteiger partial charge in [0.05, 0.1) is 13.2 Å². The van der Waals surface area contributed by atoms with Crippen molar-refractivity contribution in [2.75, 3.05) is 13.7 Å². The van der Waals surface area contributed by atoms with Gasteiger partial charge in [-0.1, -0.05) is 67.4 Å². The second kappa shape index (κ2) is 22.3. The number of carbonyl (C=O) groups excluding carboxylic acids is 5. The molecule has 8 N–H and O–H groups in total. The van der Waals surface area contributed by atoms with Gasteiger partial charge in [0, 0.05) is 18.2 Å². The van der Waals surface area contributed by atoms with Crippen molar-refractivity contribution >= 4 is 29.5 Å². The summed E-state index contributed by atoms with van der Waals surface area (Å²) in [6.07, 6.45) is 2.88. The summed E-state index contributed by atoms with van der Waals surface area (Å²) in [6.45, 7) is 15.4. The predicted octanol–water partition coefficient (Wildman–Crippen LogP) is 1.19. The summed E-state index contributed by atoms with van der Waals surface area (Å²) >= 11 is 0. The predicted molar refractivity (Wildman–Crippen MR) is 178 cm³/mol. The van der Waals surface area contributed by atoms with Crippen molar-refractivity contribution in [3.63, 3.8) is 0 Å². The summed E-state index contributed by atoms with van der Waals surface area (Å²) in [5.74, 6) is -10.1. The van der Waals surface area contributed by atoms with Crippen molar-refractivity contribution in [2.45, 2.75) is 124 Å². The molecule has 5 amide bonds. The maximum absolute atomic E-state index is 15.5. The molecule has 276 valence electrons. The van der Waals surface area contributed by atoms with Gasteiger partial charge < -0.3 is 31.7 Å². The van der Waals surface area contributed by atoms with Gasteiger partial charge in [0.25, 0.3) is 11.8 Å². The molecular weight excluding hydrogens is 630 g/mol. The molecule has 0 radical (unpaired) electrons. The molecule has 0 spiro atoms. The van der Waals surface area contributed by atoms with E-state index in [2.05, 4.69) is 21.3 Å². The Balaban J connectivity index is 6.14. The first-order chi connectivity index (χ1) is 22.4. The van der Waals surface area contributed by atoms with Crippen LogP contribution in [0.3, 0.4) is 0 Å². The summed E-state index contributed by atoms with van der Waals surface area (Å²) in [5, 5.41) is 23.2. The molecular formula is C33H59F2N6O7+. The number of amides is 5. The number of halogens is 2. The number of likely N-dealkylation sites (N-methyl/N-ethyl adjacent to an activating group) is 1. The number of nitrogens with one attached hydrogen (secondary N) is 5. The molecule has 0 rings (SSSR count). The van der Waals surface area contributed by atoms with Crippen LogP contribution in [0.1, 0.15) is 88.0 Å². The number of allylic oxidation sites excluding steroid dienone is 1. The standard InChI is InChI=1S/C33H58F2N6O7/c1-11-15-23(38-31(46)26(21(9)12-2)40-28(43)22(13-3)16-17-37-48-10)29(44)39-24(18-19(5)6)27(42)33(34,35)32(47)41-25(20(7)8)30(45)36-14-4/h13,16-17,19-21,23-27,37,42H,11-12,14-15,18H2,1-10H3,(H,36,45)(H,38,46)(H,39,44)(H,40,43)(H,41,47)/p+1/b17-16-,22-13+/t21-,23?,24-,25?,26-,27?/m0/s1. The second-order valence-electron chi connectivity index (χ2n) is 12.6. The summed E-state index contributed by atoms with van der Waals surface area (Å²) in [5.41, 5.74) is 1.65. The molecule has 0 saturated heterocycles. The topological polar surface area (TPSA) is 192 Å². The number of quaternary nitrogens is 1. The van der Waals surface area contributed by atoms with E-state index in [1.165, 1.54) is 24.9 Å². The van der Waals surface area contributed by atoms with Crippen LogP contribution in [-0.2, 0) is 28.8 Å². The van der Waals surface area contributed by atoms with E-state index in [1.807, 2.05) is 12.2 Å². The Morgan fingerprint density at radius 1 is 0.896 bits per heavy atom. The highest BCUT2D eigenvalue weighted by atomic mass is 19.3. The number of aliphatic hydroxyl groups excluding tert-OH is 1. The molecule has 6 atom stereocenters. The zero-order chi connectivity index (χ0) is 37.2. The van der Waals surface area contributed by atoms with Crippen molar-refractivity contribution in [1.29, 1.82) is 0 Å². The zero-order valence-electron chi connectivity index (χ0n) is 30.1. The molecule has 0 bridgehead atoms. The third-order valence-electron chi connectivity index (χ3n) is 7.75. The average Bonchev–Trinajstić information content (AvgIpc) is 3.02. The van der Waals surface area contributed by atoms with E-state index in [4.69, 9.17) is 4.84 Å². The molecule has 0 aliphatic heterocycles. The number of hydrogen-bond donors (Lipinski definition) is 7. The third-order valence-corrected chi connectivity index (χ3v) is 7.75. The lowest BCUT2D eigenvalue weighted by atomic mass is 9.93. The Morgan fingerprint density at radius 3 is 2.00 bits per heavy atom. The monoisotopic (exact) mass is 689 g/mol. The first kappa shape index (κ1) is 44.6. The number of alkyl halides is 2. The largest absolute Gasteiger partial charge is 0.384 e. The molecule has 48 heavy (non-hydrogen) atoms. The highest BCUT2D eigenvalue weighted by Crippen LogP contribution is 2.26. The van der Waals surface area contributed by atoms with Gasteiger partial charge in [-0.2, -0.15) is 14.3 Å². The van der Waals surface area contributed by atoms with E-state index >= 15 is 8.78 Å². The second-order valence-corrected chi connectivity index (χ2v) is 12.6. The number of aliphatic hydroxyl groups is 1. The van der Waals surface area contributed by atoms with Crippen LogP contribution in [0.15, 0.2) is 23.9 Å². The van der Waals surface area contributed by atoms with Gasteiger partial charge >= 0.3 is 5.92 Å². The average molecular weight is 690 g/mol. The Morgan fingerprint density at radius 2 is 1.52 bits per heavy atom. The summed E-state index contributed by atoms with van der Waals surface area (Å²) in [4.78, 5) is 70.0. The Bertz CT molecular complexity index is 1120. The van der Waals surface area contributed by atoms with Gasteiger partial charge in [0.1, 0.15) is 30.4 Å². The highest BCUT2D eigenvalue weighted by Gasteiger charge is 2.51. The summed E-state index contributed by atoms with van der Waals surface area (Å²) < 4.78 is 30.9.